The van der Waals surface area contributed by atoms with Gasteiger partial charge in [-0.15, -0.1) is 0 Å². The molecular weight excluding hydrogens is 217 g/mol. The van der Waals surface area contributed by atoms with Crippen LogP contribution >= 0.6 is 0 Å². The van der Waals surface area contributed by atoms with Gasteiger partial charge >= 0.3 is 0 Å². The highest BCUT2D eigenvalue weighted by molar-refractivity contribution is 5.78. The van der Waals surface area contributed by atoms with E-state index in [1.165, 1.54) is 25.0 Å². The molecule has 0 bridgehead atoms. The minimum atomic E-state index is -0.236. The van der Waals surface area contributed by atoms with Crippen molar-refractivity contribution < 1.29 is 4.39 Å². The van der Waals surface area contributed by atoms with Crippen LogP contribution in [-0.4, -0.2) is 9.55 Å². The molecule has 3 rings (SSSR count). The van der Waals surface area contributed by atoms with E-state index >= 15 is 0 Å². The summed E-state index contributed by atoms with van der Waals surface area (Å²) < 4.78 is 15.2. The normalized spacial score (nSPS) is 17.5. The van der Waals surface area contributed by atoms with Crippen LogP contribution in [0.1, 0.15) is 26.2 Å². The molecule has 2 N–H and O–H groups in total. The molecule has 0 unspecified atom stereocenters. The quantitative estimate of drug-likeness (QED) is 0.885. The number of hydrogen-bond acceptors (Lipinski definition) is 2. The van der Waals surface area contributed by atoms with Gasteiger partial charge in [-0.1, -0.05) is 6.92 Å². The summed E-state index contributed by atoms with van der Waals surface area (Å²) in [6, 6.07) is 4.62. The number of rotatable bonds is 3. The van der Waals surface area contributed by atoms with Crippen molar-refractivity contribution in [2.24, 2.45) is 5.41 Å². The van der Waals surface area contributed by atoms with Gasteiger partial charge in [-0.2, -0.15) is 0 Å². The van der Waals surface area contributed by atoms with Crippen LogP contribution < -0.4 is 5.73 Å². The second-order valence-electron chi connectivity index (χ2n) is 5.04. The Morgan fingerprint density at radius 2 is 2.24 bits per heavy atom. The molecule has 0 aliphatic heterocycles. The largest absolute Gasteiger partial charge is 0.369 e. The van der Waals surface area contributed by atoms with Gasteiger partial charge in [-0.05, 0) is 42.9 Å². The molecule has 0 saturated heterocycles. The Hall–Kier alpha value is -1.58. The van der Waals surface area contributed by atoms with Crippen molar-refractivity contribution in [2.45, 2.75) is 32.7 Å². The summed E-state index contributed by atoms with van der Waals surface area (Å²) in [5, 5.41) is 0. The zero-order chi connectivity index (χ0) is 12.0. The van der Waals surface area contributed by atoms with Crippen LogP contribution in [0.15, 0.2) is 18.2 Å². The van der Waals surface area contributed by atoms with Crippen LogP contribution in [0.2, 0.25) is 0 Å². The monoisotopic (exact) mass is 233 g/mol. The van der Waals surface area contributed by atoms with E-state index in [0.717, 1.165) is 24.0 Å². The number of halogens is 1. The first-order valence-electron chi connectivity index (χ1n) is 6.05. The van der Waals surface area contributed by atoms with Crippen molar-refractivity contribution in [3.63, 3.8) is 0 Å². The SMILES string of the molecule is CCC1(Cn2c(N)nc3ccc(F)cc32)CC1. The van der Waals surface area contributed by atoms with E-state index in [2.05, 4.69) is 11.9 Å². The third kappa shape index (κ3) is 1.68. The number of aromatic nitrogens is 2. The maximum atomic E-state index is 13.3. The predicted molar refractivity (Wildman–Crippen MR) is 66.1 cm³/mol. The Balaban J connectivity index is 2.08. The molecule has 1 aromatic heterocycles. The first kappa shape index (κ1) is 10.6. The highest BCUT2D eigenvalue weighted by Crippen LogP contribution is 2.50. The zero-order valence-electron chi connectivity index (χ0n) is 9.91. The molecule has 1 aliphatic carbocycles. The van der Waals surface area contributed by atoms with Crippen LogP contribution in [0.25, 0.3) is 11.0 Å². The molecule has 1 aliphatic rings. The third-order valence-electron chi connectivity index (χ3n) is 3.94. The minimum Gasteiger partial charge on any atom is -0.369 e. The van der Waals surface area contributed by atoms with Crippen LogP contribution in [0.5, 0.6) is 0 Å². The lowest BCUT2D eigenvalue weighted by molar-refractivity contribution is 0.418. The fraction of sp³-hybridized carbons (Fsp3) is 0.462. The van der Waals surface area contributed by atoms with Crippen molar-refractivity contribution in [3.05, 3.63) is 24.0 Å². The number of hydrogen-bond donors (Lipinski definition) is 1. The minimum absolute atomic E-state index is 0.236. The Morgan fingerprint density at radius 1 is 1.47 bits per heavy atom. The number of nitrogens with zero attached hydrogens (tertiary/aromatic N) is 2. The summed E-state index contributed by atoms with van der Waals surface area (Å²) in [5.41, 5.74) is 7.87. The highest BCUT2D eigenvalue weighted by atomic mass is 19.1. The van der Waals surface area contributed by atoms with Gasteiger partial charge in [0.15, 0.2) is 0 Å². The zero-order valence-corrected chi connectivity index (χ0v) is 9.91. The number of imidazole rings is 1. The fourth-order valence-electron chi connectivity index (χ4n) is 2.42. The molecule has 1 saturated carbocycles. The topological polar surface area (TPSA) is 43.8 Å². The van der Waals surface area contributed by atoms with E-state index in [1.54, 1.807) is 6.07 Å². The summed E-state index contributed by atoms with van der Waals surface area (Å²) in [5.74, 6) is 0.255. The average molecular weight is 233 g/mol. The van der Waals surface area contributed by atoms with Crippen molar-refractivity contribution in [2.75, 3.05) is 5.73 Å². The molecule has 4 heteroatoms. The molecule has 0 amide bonds. The van der Waals surface area contributed by atoms with Crippen molar-refractivity contribution in [1.29, 1.82) is 0 Å². The number of fused-ring (bicyclic) bond motifs is 1. The van der Waals surface area contributed by atoms with Gasteiger partial charge < -0.3 is 10.3 Å². The molecule has 1 aromatic carbocycles. The molecule has 0 spiro atoms. The fourth-order valence-corrected chi connectivity index (χ4v) is 2.42. The lowest BCUT2D eigenvalue weighted by Crippen LogP contribution is -2.13. The van der Waals surface area contributed by atoms with E-state index in [9.17, 15) is 4.39 Å². The Bertz CT molecular complexity index is 569. The van der Waals surface area contributed by atoms with Gasteiger partial charge in [0, 0.05) is 6.54 Å². The van der Waals surface area contributed by atoms with Gasteiger partial charge in [0.1, 0.15) is 5.82 Å². The standard InChI is InChI=1S/C13H16FN3/c1-2-13(5-6-13)8-17-11-7-9(14)3-4-10(11)16-12(17)15/h3-4,7H,2,5-6,8H2,1H3,(H2,15,16). The summed E-state index contributed by atoms with van der Waals surface area (Å²) in [6.07, 6.45) is 3.61. The number of nitrogen functional groups attached to an aromatic ring is 1. The Kier molecular flexibility index (Phi) is 2.15. The molecular formula is C13H16FN3. The summed E-state index contributed by atoms with van der Waals surface area (Å²) in [7, 11) is 0. The second kappa shape index (κ2) is 3.45. The molecule has 17 heavy (non-hydrogen) atoms. The molecule has 90 valence electrons. The molecule has 2 aromatic rings. The molecule has 1 heterocycles. The molecule has 0 atom stereocenters. The Morgan fingerprint density at radius 3 is 2.88 bits per heavy atom. The van der Waals surface area contributed by atoms with E-state index in [-0.39, 0.29) is 5.82 Å². The lowest BCUT2D eigenvalue weighted by atomic mass is 10.0. The number of nitrogens with two attached hydrogens (primary N) is 1. The van der Waals surface area contributed by atoms with E-state index < -0.39 is 0 Å². The predicted octanol–water partition coefficient (Wildman–Crippen LogP) is 2.95. The van der Waals surface area contributed by atoms with E-state index in [4.69, 9.17) is 5.73 Å². The maximum absolute atomic E-state index is 13.3. The van der Waals surface area contributed by atoms with Crippen molar-refractivity contribution >= 4 is 17.0 Å². The highest BCUT2D eigenvalue weighted by Gasteiger charge is 2.41. The summed E-state index contributed by atoms with van der Waals surface area (Å²) >= 11 is 0. The average Bonchev–Trinajstić information content (AvgIpc) is 3.03. The Labute approximate surface area is 99.4 Å². The summed E-state index contributed by atoms with van der Waals surface area (Å²) in [6.45, 7) is 3.05. The first-order chi connectivity index (χ1) is 8.13. The van der Waals surface area contributed by atoms with Crippen LogP contribution in [0.4, 0.5) is 10.3 Å². The molecule has 0 radical (unpaired) electrons. The van der Waals surface area contributed by atoms with Gasteiger partial charge in [0.05, 0.1) is 11.0 Å². The van der Waals surface area contributed by atoms with E-state index in [1.807, 2.05) is 4.57 Å². The molecule has 3 nitrogen and oxygen atoms in total. The molecule has 1 fully saturated rings. The van der Waals surface area contributed by atoms with Gasteiger partial charge in [-0.25, -0.2) is 9.37 Å². The number of anilines is 1. The first-order valence-corrected chi connectivity index (χ1v) is 6.05. The summed E-state index contributed by atoms with van der Waals surface area (Å²) in [4.78, 5) is 4.27. The third-order valence-corrected chi connectivity index (χ3v) is 3.94. The van der Waals surface area contributed by atoms with Crippen molar-refractivity contribution in [3.8, 4) is 0 Å². The number of benzene rings is 1. The maximum Gasteiger partial charge on any atom is 0.201 e. The van der Waals surface area contributed by atoms with Gasteiger partial charge in [0.2, 0.25) is 5.95 Å². The lowest BCUT2D eigenvalue weighted by Gasteiger charge is -2.14. The van der Waals surface area contributed by atoms with Crippen molar-refractivity contribution in [1.82, 2.24) is 9.55 Å². The van der Waals surface area contributed by atoms with E-state index in [0.29, 0.717) is 11.4 Å². The van der Waals surface area contributed by atoms with Crippen LogP contribution in [0, 0.1) is 11.2 Å². The van der Waals surface area contributed by atoms with Gasteiger partial charge in [-0.3, -0.25) is 0 Å². The second-order valence-corrected chi connectivity index (χ2v) is 5.04. The smallest absolute Gasteiger partial charge is 0.201 e. The van der Waals surface area contributed by atoms with Crippen LogP contribution in [0.3, 0.4) is 0 Å². The van der Waals surface area contributed by atoms with Gasteiger partial charge in [0.25, 0.3) is 0 Å². The van der Waals surface area contributed by atoms with Crippen LogP contribution in [-0.2, 0) is 6.54 Å².